The number of hydrogen-bond donors (Lipinski definition) is 2. The summed E-state index contributed by atoms with van der Waals surface area (Å²) in [5.41, 5.74) is 1.08. The molecule has 1 fully saturated rings. The van der Waals surface area contributed by atoms with Crippen LogP contribution >= 0.6 is 11.8 Å². The van der Waals surface area contributed by atoms with E-state index in [1.54, 1.807) is 0 Å². The van der Waals surface area contributed by atoms with Gasteiger partial charge in [-0.2, -0.15) is 0 Å². The van der Waals surface area contributed by atoms with Crippen molar-refractivity contribution in [3.63, 3.8) is 0 Å². The first kappa shape index (κ1) is 15.1. The number of aromatic nitrogens is 3. The lowest BCUT2D eigenvalue weighted by molar-refractivity contribution is -0.118. The fourth-order valence-electron chi connectivity index (χ4n) is 2.24. The number of ether oxygens (including phenoxy) is 1. The quantitative estimate of drug-likeness (QED) is 0.797. The zero-order chi connectivity index (χ0) is 15.2. The molecule has 1 aliphatic rings. The van der Waals surface area contributed by atoms with Crippen LogP contribution in [-0.4, -0.2) is 33.4 Å². The largest absolute Gasteiger partial charge is 0.370 e. The van der Waals surface area contributed by atoms with Crippen molar-refractivity contribution in [2.75, 3.05) is 12.4 Å². The Morgan fingerprint density at radius 3 is 3.05 bits per heavy atom. The molecule has 0 spiro atoms. The molecule has 6 nitrogen and oxygen atoms in total. The van der Waals surface area contributed by atoms with Gasteiger partial charge in [0.25, 0.3) is 0 Å². The molecule has 2 heterocycles. The number of amides is 1. The maximum atomic E-state index is 11.8. The molecule has 1 amide bonds. The van der Waals surface area contributed by atoms with Gasteiger partial charge in [0.05, 0.1) is 5.75 Å². The molecule has 2 aromatic rings. The summed E-state index contributed by atoms with van der Waals surface area (Å²) in [7, 11) is 0. The molecule has 0 saturated carbocycles. The van der Waals surface area contributed by atoms with E-state index in [9.17, 15) is 4.79 Å². The van der Waals surface area contributed by atoms with Crippen molar-refractivity contribution in [3.8, 4) is 0 Å². The maximum absolute atomic E-state index is 11.8. The molecule has 0 aliphatic carbocycles. The summed E-state index contributed by atoms with van der Waals surface area (Å²) in [4.78, 5) is 16.2. The van der Waals surface area contributed by atoms with Crippen LogP contribution in [0.2, 0.25) is 0 Å². The summed E-state index contributed by atoms with van der Waals surface area (Å²) < 4.78 is 5.54. The van der Waals surface area contributed by atoms with Crippen LogP contribution in [0.15, 0.2) is 35.5 Å². The Morgan fingerprint density at radius 2 is 2.27 bits per heavy atom. The van der Waals surface area contributed by atoms with E-state index < -0.39 is 0 Å². The Balaban J connectivity index is 1.43. The molecule has 22 heavy (non-hydrogen) atoms. The number of nitrogens with zero attached hydrogens (tertiary/aromatic N) is 2. The summed E-state index contributed by atoms with van der Waals surface area (Å²) in [6.45, 7) is 1.31. The molecule has 0 bridgehead atoms. The minimum absolute atomic E-state index is 0.0220. The number of thioether (sulfide) groups is 1. The highest BCUT2D eigenvalue weighted by molar-refractivity contribution is 7.99. The van der Waals surface area contributed by atoms with E-state index in [0.29, 0.717) is 17.5 Å². The summed E-state index contributed by atoms with van der Waals surface area (Å²) >= 11 is 1.32. The summed E-state index contributed by atoms with van der Waals surface area (Å²) in [5.74, 6) is 1.03. The highest BCUT2D eigenvalue weighted by Crippen LogP contribution is 2.26. The van der Waals surface area contributed by atoms with E-state index in [-0.39, 0.29) is 12.0 Å². The van der Waals surface area contributed by atoms with Crippen molar-refractivity contribution in [1.29, 1.82) is 0 Å². The van der Waals surface area contributed by atoms with Gasteiger partial charge in [-0.15, -0.1) is 5.10 Å². The number of carbonyl (C=O) groups excluding carboxylic acids is 1. The second-order valence-electron chi connectivity index (χ2n) is 5.06. The number of carbonyl (C=O) groups is 1. The Bertz CT molecular complexity index is 611. The zero-order valence-electron chi connectivity index (χ0n) is 12.1. The first-order chi connectivity index (χ1) is 10.8. The molecule has 1 atom stereocenters. The Kier molecular flexibility index (Phi) is 5.07. The van der Waals surface area contributed by atoms with Gasteiger partial charge in [-0.1, -0.05) is 42.1 Å². The third-order valence-electron chi connectivity index (χ3n) is 3.38. The first-order valence-corrected chi connectivity index (χ1v) is 8.27. The SMILES string of the molecule is O=C(CSc1n[nH]c([C@H]2CCCO2)n1)NCc1ccccc1. The van der Waals surface area contributed by atoms with Crippen LogP contribution in [0.1, 0.15) is 30.3 Å². The topological polar surface area (TPSA) is 79.9 Å². The molecule has 0 radical (unpaired) electrons. The van der Waals surface area contributed by atoms with E-state index in [1.807, 2.05) is 30.3 Å². The molecule has 1 aliphatic heterocycles. The number of benzene rings is 1. The predicted molar refractivity (Wildman–Crippen MR) is 83.3 cm³/mol. The molecule has 0 unspecified atom stereocenters. The fourth-order valence-corrected chi connectivity index (χ4v) is 2.87. The van der Waals surface area contributed by atoms with Gasteiger partial charge >= 0.3 is 0 Å². The summed E-state index contributed by atoms with van der Waals surface area (Å²) in [6.07, 6.45) is 2.04. The van der Waals surface area contributed by atoms with Gasteiger partial charge in [0.2, 0.25) is 11.1 Å². The number of nitrogens with one attached hydrogen (secondary N) is 2. The van der Waals surface area contributed by atoms with Crippen LogP contribution in [0.5, 0.6) is 0 Å². The summed E-state index contributed by atoms with van der Waals surface area (Å²) in [5, 5.41) is 10.5. The number of aromatic amines is 1. The molecule has 7 heteroatoms. The first-order valence-electron chi connectivity index (χ1n) is 7.28. The molecular formula is C15H18N4O2S. The fraction of sp³-hybridized carbons (Fsp3) is 0.400. The van der Waals surface area contributed by atoms with Gasteiger partial charge in [-0.3, -0.25) is 9.89 Å². The van der Waals surface area contributed by atoms with E-state index in [4.69, 9.17) is 4.74 Å². The minimum atomic E-state index is -0.0303. The smallest absolute Gasteiger partial charge is 0.230 e. The van der Waals surface area contributed by atoms with Crippen LogP contribution in [0, 0.1) is 0 Å². The third kappa shape index (κ3) is 4.08. The van der Waals surface area contributed by atoms with Crippen LogP contribution in [0.3, 0.4) is 0 Å². The van der Waals surface area contributed by atoms with Gasteiger partial charge in [-0.25, -0.2) is 4.98 Å². The Hall–Kier alpha value is -1.86. The van der Waals surface area contributed by atoms with E-state index >= 15 is 0 Å². The van der Waals surface area contributed by atoms with E-state index in [2.05, 4.69) is 20.5 Å². The number of hydrogen-bond acceptors (Lipinski definition) is 5. The lowest BCUT2D eigenvalue weighted by Crippen LogP contribution is -2.24. The highest BCUT2D eigenvalue weighted by Gasteiger charge is 2.21. The lowest BCUT2D eigenvalue weighted by Gasteiger charge is -2.04. The Labute approximate surface area is 133 Å². The van der Waals surface area contributed by atoms with Crippen molar-refractivity contribution >= 4 is 17.7 Å². The van der Waals surface area contributed by atoms with Gasteiger partial charge in [0, 0.05) is 13.2 Å². The van der Waals surface area contributed by atoms with E-state index in [0.717, 1.165) is 30.8 Å². The second-order valence-corrected chi connectivity index (χ2v) is 6.00. The maximum Gasteiger partial charge on any atom is 0.230 e. The molecular weight excluding hydrogens is 300 g/mol. The average Bonchev–Trinajstić information content (AvgIpc) is 3.22. The number of H-pyrrole nitrogens is 1. The number of rotatable bonds is 6. The molecule has 1 saturated heterocycles. The molecule has 1 aromatic heterocycles. The van der Waals surface area contributed by atoms with Crippen molar-refractivity contribution < 1.29 is 9.53 Å². The van der Waals surface area contributed by atoms with Gasteiger partial charge < -0.3 is 10.1 Å². The second kappa shape index (κ2) is 7.42. The van der Waals surface area contributed by atoms with Crippen LogP contribution in [0.4, 0.5) is 0 Å². The predicted octanol–water partition coefficient (Wildman–Crippen LogP) is 2.06. The van der Waals surface area contributed by atoms with Crippen molar-refractivity contribution in [1.82, 2.24) is 20.5 Å². The summed E-state index contributed by atoms with van der Waals surface area (Å²) in [6, 6.07) is 9.83. The standard InChI is InChI=1S/C15H18N4O2S/c20-13(16-9-11-5-2-1-3-6-11)10-22-15-17-14(18-19-15)12-7-4-8-21-12/h1-3,5-6,12H,4,7-10H2,(H,16,20)(H,17,18,19)/t12-/m1/s1. The lowest BCUT2D eigenvalue weighted by atomic mass is 10.2. The van der Waals surface area contributed by atoms with Gasteiger partial charge in [-0.05, 0) is 18.4 Å². The molecule has 2 N–H and O–H groups in total. The van der Waals surface area contributed by atoms with E-state index in [1.165, 1.54) is 11.8 Å². The molecule has 1 aromatic carbocycles. The monoisotopic (exact) mass is 318 g/mol. The molecule has 116 valence electrons. The van der Waals surface area contributed by atoms with Crippen LogP contribution < -0.4 is 5.32 Å². The van der Waals surface area contributed by atoms with Crippen molar-refractivity contribution in [3.05, 3.63) is 41.7 Å². The molecule has 3 rings (SSSR count). The van der Waals surface area contributed by atoms with Crippen molar-refractivity contribution in [2.45, 2.75) is 30.6 Å². The van der Waals surface area contributed by atoms with Crippen LogP contribution in [0.25, 0.3) is 0 Å². The van der Waals surface area contributed by atoms with Crippen molar-refractivity contribution in [2.24, 2.45) is 0 Å². The third-order valence-corrected chi connectivity index (χ3v) is 4.23. The Morgan fingerprint density at radius 1 is 1.41 bits per heavy atom. The highest BCUT2D eigenvalue weighted by atomic mass is 32.2. The zero-order valence-corrected chi connectivity index (χ0v) is 12.9. The minimum Gasteiger partial charge on any atom is -0.370 e. The van der Waals surface area contributed by atoms with Gasteiger partial charge in [0.15, 0.2) is 5.82 Å². The normalized spacial score (nSPS) is 17.5. The van der Waals surface area contributed by atoms with Crippen LogP contribution in [-0.2, 0) is 16.1 Å². The average molecular weight is 318 g/mol. The van der Waals surface area contributed by atoms with Gasteiger partial charge in [0.1, 0.15) is 6.10 Å².